The summed E-state index contributed by atoms with van der Waals surface area (Å²) in [4.78, 5) is 6.96. The number of anilines is 1. The number of halogens is 1. The summed E-state index contributed by atoms with van der Waals surface area (Å²) >= 11 is 3.50. The van der Waals surface area contributed by atoms with Crippen molar-refractivity contribution >= 4 is 32.5 Å². The molecular formula is C16H20BrN3. The van der Waals surface area contributed by atoms with E-state index in [4.69, 9.17) is 0 Å². The third-order valence-electron chi connectivity index (χ3n) is 4.10. The number of piperidine rings is 1. The van der Waals surface area contributed by atoms with Crippen LogP contribution in [0, 0.1) is 0 Å². The van der Waals surface area contributed by atoms with Gasteiger partial charge < -0.3 is 10.2 Å². The molecule has 0 atom stereocenters. The number of aromatic nitrogens is 1. The van der Waals surface area contributed by atoms with Gasteiger partial charge in [-0.05, 0) is 43.7 Å². The second-order valence-corrected chi connectivity index (χ2v) is 6.29. The summed E-state index contributed by atoms with van der Waals surface area (Å²) in [5.41, 5.74) is 2.24. The maximum absolute atomic E-state index is 4.44. The fraction of sp³-hybridized carbons (Fsp3) is 0.438. The van der Waals surface area contributed by atoms with Gasteiger partial charge in [-0.2, -0.15) is 0 Å². The summed E-state index contributed by atoms with van der Waals surface area (Å²) < 4.78 is 1.07. The molecule has 1 aromatic heterocycles. The van der Waals surface area contributed by atoms with Crippen molar-refractivity contribution < 1.29 is 0 Å². The highest BCUT2D eigenvalue weighted by molar-refractivity contribution is 9.10. The van der Waals surface area contributed by atoms with Crippen LogP contribution in [0.15, 0.2) is 34.9 Å². The van der Waals surface area contributed by atoms with Crippen molar-refractivity contribution in [3.05, 3.63) is 34.9 Å². The zero-order valence-corrected chi connectivity index (χ0v) is 13.4. The van der Waals surface area contributed by atoms with Gasteiger partial charge in [0.15, 0.2) is 0 Å². The molecule has 0 spiro atoms. The molecule has 2 heterocycles. The molecule has 1 aromatic carbocycles. The minimum atomic E-state index is 0.576. The van der Waals surface area contributed by atoms with Crippen molar-refractivity contribution in [2.45, 2.75) is 25.8 Å². The molecule has 4 heteroatoms. The highest BCUT2D eigenvalue weighted by atomic mass is 79.9. The molecule has 106 valence electrons. The lowest BCUT2D eigenvalue weighted by atomic mass is 10.0. The van der Waals surface area contributed by atoms with Crippen LogP contribution in [0.4, 0.5) is 5.69 Å². The molecule has 3 rings (SSSR count). The van der Waals surface area contributed by atoms with Crippen molar-refractivity contribution in [3.63, 3.8) is 0 Å². The molecular weight excluding hydrogens is 314 g/mol. The Morgan fingerprint density at radius 3 is 2.85 bits per heavy atom. The minimum Gasteiger partial charge on any atom is -0.382 e. The van der Waals surface area contributed by atoms with E-state index in [1.54, 1.807) is 0 Å². The van der Waals surface area contributed by atoms with Crippen LogP contribution < -0.4 is 5.32 Å². The topological polar surface area (TPSA) is 28.2 Å². The molecule has 0 radical (unpaired) electrons. The van der Waals surface area contributed by atoms with Crippen LogP contribution in [0.1, 0.15) is 19.8 Å². The summed E-state index contributed by atoms with van der Waals surface area (Å²) in [6.45, 7) is 5.80. The van der Waals surface area contributed by atoms with Gasteiger partial charge in [0.1, 0.15) is 0 Å². The summed E-state index contributed by atoms with van der Waals surface area (Å²) in [6.07, 6.45) is 4.32. The van der Waals surface area contributed by atoms with E-state index < -0.39 is 0 Å². The quantitative estimate of drug-likeness (QED) is 0.923. The number of nitrogens with one attached hydrogen (secondary N) is 1. The Kier molecular flexibility index (Phi) is 4.22. The first-order valence-corrected chi connectivity index (χ1v) is 8.08. The fourth-order valence-corrected chi connectivity index (χ4v) is 3.21. The van der Waals surface area contributed by atoms with E-state index in [0.717, 1.165) is 9.99 Å². The molecule has 1 N–H and O–H groups in total. The molecule has 0 amide bonds. The number of benzene rings is 1. The highest BCUT2D eigenvalue weighted by Crippen LogP contribution is 2.26. The average molecular weight is 334 g/mol. The third kappa shape index (κ3) is 2.96. The summed E-state index contributed by atoms with van der Waals surface area (Å²) in [7, 11) is 0. The Morgan fingerprint density at radius 2 is 2.10 bits per heavy atom. The number of nitrogens with zero attached hydrogens (tertiary/aromatic N) is 2. The van der Waals surface area contributed by atoms with E-state index in [1.807, 2.05) is 6.20 Å². The smallest absolute Gasteiger partial charge is 0.0733 e. The standard InChI is InChI=1S/C16H20BrN3/c1-2-20-9-6-13(7-10-20)19-15-5-8-18-16-11-12(17)3-4-14(15)16/h3-5,8,11,13H,2,6-7,9-10H2,1H3,(H,18,19). The van der Waals surface area contributed by atoms with Crippen LogP contribution in [0.3, 0.4) is 0 Å². The molecule has 1 saturated heterocycles. The van der Waals surface area contributed by atoms with Crippen LogP contribution in [0.5, 0.6) is 0 Å². The van der Waals surface area contributed by atoms with Gasteiger partial charge in [-0.15, -0.1) is 0 Å². The zero-order chi connectivity index (χ0) is 13.9. The zero-order valence-electron chi connectivity index (χ0n) is 11.8. The number of pyridine rings is 1. The van der Waals surface area contributed by atoms with Gasteiger partial charge in [-0.3, -0.25) is 4.98 Å². The van der Waals surface area contributed by atoms with Crippen LogP contribution in [-0.2, 0) is 0 Å². The monoisotopic (exact) mass is 333 g/mol. The molecule has 2 aromatic rings. The lowest BCUT2D eigenvalue weighted by Gasteiger charge is -2.32. The third-order valence-corrected chi connectivity index (χ3v) is 4.59. The van der Waals surface area contributed by atoms with Gasteiger partial charge in [-0.1, -0.05) is 22.9 Å². The maximum Gasteiger partial charge on any atom is 0.0733 e. The molecule has 20 heavy (non-hydrogen) atoms. The Labute approximate surface area is 128 Å². The van der Waals surface area contributed by atoms with E-state index in [1.165, 1.54) is 43.5 Å². The second kappa shape index (κ2) is 6.10. The predicted octanol–water partition coefficient (Wildman–Crippen LogP) is 3.89. The normalized spacial score (nSPS) is 17.5. The molecule has 1 aliphatic rings. The Balaban J connectivity index is 1.78. The van der Waals surface area contributed by atoms with Crippen molar-refractivity contribution in [1.29, 1.82) is 0 Å². The van der Waals surface area contributed by atoms with Gasteiger partial charge in [0.25, 0.3) is 0 Å². The number of rotatable bonds is 3. The number of likely N-dealkylation sites (tertiary alicyclic amines) is 1. The summed E-state index contributed by atoms with van der Waals surface area (Å²) in [6, 6.07) is 8.94. The van der Waals surface area contributed by atoms with E-state index in [9.17, 15) is 0 Å². The Morgan fingerprint density at radius 1 is 1.30 bits per heavy atom. The molecule has 1 fully saturated rings. The van der Waals surface area contributed by atoms with Crippen LogP contribution in [0.2, 0.25) is 0 Å². The van der Waals surface area contributed by atoms with Gasteiger partial charge in [0.05, 0.1) is 5.52 Å². The van der Waals surface area contributed by atoms with Crippen LogP contribution in [-0.4, -0.2) is 35.6 Å². The summed E-state index contributed by atoms with van der Waals surface area (Å²) in [5.74, 6) is 0. The largest absolute Gasteiger partial charge is 0.382 e. The lowest BCUT2D eigenvalue weighted by molar-refractivity contribution is 0.229. The summed E-state index contributed by atoms with van der Waals surface area (Å²) in [5, 5.41) is 4.91. The van der Waals surface area contributed by atoms with Crippen LogP contribution in [0.25, 0.3) is 10.9 Å². The first-order chi connectivity index (χ1) is 9.76. The van der Waals surface area contributed by atoms with Crippen molar-refractivity contribution in [3.8, 4) is 0 Å². The molecule has 0 saturated carbocycles. The van der Waals surface area contributed by atoms with Gasteiger partial charge in [0, 0.05) is 40.9 Å². The van der Waals surface area contributed by atoms with E-state index in [2.05, 4.69) is 62.3 Å². The van der Waals surface area contributed by atoms with Crippen molar-refractivity contribution in [2.75, 3.05) is 25.0 Å². The van der Waals surface area contributed by atoms with E-state index in [-0.39, 0.29) is 0 Å². The molecule has 0 aliphatic carbocycles. The Bertz CT molecular complexity index is 591. The molecule has 0 unspecified atom stereocenters. The first kappa shape index (κ1) is 13.8. The van der Waals surface area contributed by atoms with Gasteiger partial charge in [0.2, 0.25) is 0 Å². The van der Waals surface area contributed by atoms with Crippen LogP contribution >= 0.6 is 15.9 Å². The SMILES string of the molecule is CCN1CCC(Nc2ccnc3cc(Br)ccc23)CC1. The van der Waals surface area contributed by atoms with Crippen molar-refractivity contribution in [1.82, 2.24) is 9.88 Å². The highest BCUT2D eigenvalue weighted by Gasteiger charge is 2.18. The lowest BCUT2D eigenvalue weighted by Crippen LogP contribution is -2.38. The Hall–Kier alpha value is -1.13. The van der Waals surface area contributed by atoms with Crippen molar-refractivity contribution in [2.24, 2.45) is 0 Å². The predicted molar refractivity (Wildman–Crippen MR) is 88.2 cm³/mol. The van der Waals surface area contributed by atoms with E-state index >= 15 is 0 Å². The first-order valence-electron chi connectivity index (χ1n) is 7.29. The molecule has 1 aliphatic heterocycles. The van der Waals surface area contributed by atoms with Gasteiger partial charge in [-0.25, -0.2) is 0 Å². The van der Waals surface area contributed by atoms with Gasteiger partial charge >= 0.3 is 0 Å². The average Bonchev–Trinajstić information content (AvgIpc) is 2.48. The minimum absolute atomic E-state index is 0.576. The molecule has 0 bridgehead atoms. The number of hydrogen-bond donors (Lipinski definition) is 1. The van der Waals surface area contributed by atoms with E-state index in [0.29, 0.717) is 6.04 Å². The number of hydrogen-bond acceptors (Lipinski definition) is 3. The fourth-order valence-electron chi connectivity index (χ4n) is 2.86. The maximum atomic E-state index is 4.44. The second-order valence-electron chi connectivity index (χ2n) is 5.37. The number of fused-ring (bicyclic) bond motifs is 1. The molecule has 3 nitrogen and oxygen atoms in total.